The van der Waals surface area contributed by atoms with Crippen LogP contribution in [0.5, 0.6) is 0 Å². The molecule has 0 unspecified atom stereocenters. The van der Waals surface area contributed by atoms with Crippen LogP contribution in [0.2, 0.25) is 5.02 Å². The Labute approximate surface area is 180 Å². The molecule has 2 heterocycles. The summed E-state index contributed by atoms with van der Waals surface area (Å²) in [5.41, 5.74) is 3.81. The third-order valence-corrected chi connectivity index (χ3v) is 6.89. The van der Waals surface area contributed by atoms with E-state index >= 15 is 0 Å². The number of thioether (sulfide) groups is 1. The van der Waals surface area contributed by atoms with Gasteiger partial charge in [0.15, 0.2) is 5.13 Å². The average Bonchev–Trinajstić information content (AvgIpc) is 3.36. The van der Waals surface area contributed by atoms with Crippen LogP contribution in [0.15, 0.2) is 46.0 Å². The van der Waals surface area contributed by atoms with E-state index in [0.717, 1.165) is 26.9 Å². The number of anilines is 1. The zero-order chi connectivity index (χ0) is 20.5. The number of nitrogens with zero attached hydrogens (tertiary/aromatic N) is 4. The molecule has 6 nitrogen and oxygen atoms in total. The molecule has 0 aliphatic rings. The molecule has 0 radical (unpaired) electrons. The normalized spacial score (nSPS) is 11.2. The van der Waals surface area contributed by atoms with E-state index in [4.69, 9.17) is 16.0 Å². The number of thiazole rings is 1. The number of aryl methyl sites for hydroxylation is 2. The minimum absolute atomic E-state index is 0.104. The lowest BCUT2D eigenvalue weighted by atomic mass is 10.1. The minimum Gasteiger partial charge on any atom is -0.411 e. The smallest absolute Gasteiger partial charge is 0.277 e. The average molecular weight is 445 g/mol. The predicted octanol–water partition coefficient (Wildman–Crippen LogP) is 5.37. The Morgan fingerprint density at radius 3 is 2.69 bits per heavy atom. The van der Waals surface area contributed by atoms with Gasteiger partial charge in [0.05, 0.1) is 16.0 Å². The molecular weight excluding hydrogens is 428 g/mol. The highest BCUT2D eigenvalue weighted by Gasteiger charge is 2.18. The van der Waals surface area contributed by atoms with Gasteiger partial charge in [0.2, 0.25) is 11.8 Å². The fourth-order valence-electron chi connectivity index (χ4n) is 2.64. The van der Waals surface area contributed by atoms with Gasteiger partial charge >= 0.3 is 0 Å². The van der Waals surface area contributed by atoms with Crippen molar-refractivity contribution in [1.82, 2.24) is 15.2 Å². The predicted molar refractivity (Wildman–Crippen MR) is 118 cm³/mol. The molecule has 2 aromatic carbocycles. The molecule has 0 fully saturated rings. The van der Waals surface area contributed by atoms with Crippen molar-refractivity contribution in [3.05, 3.63) is 52.5 Å². The molecule has 0 saturated carbocycles. The van der Waals surface area contributed by atoms with E-state index < -0.39 is 0 Å². The zero-order valence-corrected chi connectivity index (χ0v) is 18.4. The monoisotopic (exact) mass is 444 g/mol. The summed E-state index contributed by atoms with van der Waals surface area (Å²) in [7, 11) is 1.71. The maximum absolute atomic E-state index is 12.6. The molecule has 0 saturated heterocycles. The second-order valence-corrected chi connectivity index (χ2v) is 8.81. The maximum Gasteiger partial charge on any atom is 0.277 e. The zero-order valence-electron chi connectivity index (χ0n) is 16.0. The molecule has 4 aromatic rings. The van der Waals surface area contributed by atoms with Crippen molar-refractivity contribution in [3.8, 4) is 11.5 Å². The number of aromatic nitrogens is 3. The fourth-order valence-corrected chi connectivity index (χ4v) is 4.58. The first-order valence-corrected chi connectivity index (χ1v) is 11.0. The summed E-state index contributed by atoms with van der Waals surface area (Å²) in [6, 6.07) is 11.5. The molecule has 148 valence electrons. The van der Waals surface area contributed by atoms with Gasteiger partial charge in [-0.15, -0.1) is 10.2 Å². The number of carbonyl (C=O) groups excluding carboxylic acids is 1. The first-order chi connectivity index (χ1) is 13.9. The summed E-state index contributed by atoms with van der Waals surface area (Å²) < 4.78 is 6.65. The van der Waals surface area contributed by atoms with Crippen LogP contribution in [-0.4, -0.2) is 33.9 Å². The fraction of sp³-hybridized carbons (Fsp3) is 0.200. The number of amides is 1. The van der Waals surface area contributed by atoms with Gasteiger partial charge in [0.25, 0.3) is 5.22 Å². The first-order valence-electron chi connectivity index (χ1n) is 8.78. The van der Waals surface area contributed by atoms with Crippen molar-refractivity contribution in [2.24, 2.45) is 0 Å². The Hall–Kier alpha value is -2.42. The number of hydrogen-bond acceptors (Lipinski definition) is 7. The summed E-state index contributed by atoms with van der Waals surface area (Å²) in [6.45, 7) is 3.97. The van der Waals surface area contributed by atoms with Crippen LogP contribution in [0.3, 0.4) is 0 Å². The van der Waals surface area contributed by atoms with Crippen LogP contribution < -0.4 is 4.90 Å². The lowest BCUT2D eigenvalue weighted by Crippen LogP contribution is -2.27. The summed E-state index contributed by atoms with van der Waals surface area (Å²) in [5, 5.41) is 9.76. The molecular formula is C20H17ClN4O2S2. The summed E-state index contributed by atoms with van der Waals surface area (Å²) >= 11 is 8.84. The van der Waals surface area contributed by atoms with Crippen LogP contribution >= 0.6 is 34.7 Å². The Bertz CT molecular complexity index is 1190. The molecule has 0 aliphatic carbocycles. The van der Waals surface area contributed by atoms with E-state index in [1.807, 2.05) is 50.2 Å². The van der Waals surface area contributed by atoms with Gasteiger partial charge in [-0.05, 0) is 43.7 Å². The van der Waals surface area contributed by atoms with Gasteiger partial charge < -0.3 is 4.42 Å². The van der Waals surface area contributed by atoms with Crippen molar-refractivity contribution >= 4 is 56.0 Å². The minimum atomic E-state index is -0.104. The van der Waals surface area contributed by atoms with Gasteiger partial charge in [-0.25, -0.2) is 4.98 Å². The number of benzene rings is 2. The highest BCUT2D eigenvalue weighted by molar-refractivity contribution is 7.99. The lowest BCUT2D eigenvalue weighted by molar-refractivity contribution is -0.115. The van der Waals surface area contributed by atoms with E-state index in [0.29, 0.717) is 21.3 Å². The third kappa shape index (κ3) is 4.14. The second-order valence-electron chi connectivity index (χ2n) is 6.50. The van der Waals surface area contributed by atoms with E-state index in [2.05, 4.69) is 15.2 Å². The summed E-state index contributed by atoms with van der Waals surface area (Å²) in [4.78, 5) is 18.7. The molecule has 9 heteroatoms. The van der Waals surface area contributed by atoms with Crippen LogP contribution in [-0.2, 0) is 4.79 Å². The molecule has 0 atom stereocenters. The second kappa shape index (κ2) is 8.14. The third-order valence-electron chi connectivity index (χ3n) is 4.41. The van der Waals surface area contributed by atoms with Gasteiger partial charge in [-0.1, -0.05) is 52.4 Å². The number of halogens is 1. The molecule has 4 rings (SSSR count). The Balaban J connectivity index is 1.43. The maximum atomic E-state index is 12.6. The summed E-state index contributed by atoms with van der Waals surface area (Å²) in [6.07, 6.45) is 0. The van der Waals surface area contributed by atoms with Gasteiger partial charge in [0.1, 0.15) is 0 Å². The van der Waals surface area contributed by atoms with Crippen molar-refractivity contribution in [1.29, 1.82) is 0 Å². The quantitative estimate of drug-likeness (QED) is 0.385. The van der Waals surface area contributed by atoms with E-state index in [1.54, 1.807) is 11.9 Å². The van der Waals surface area contributed by atoms with Crippen LogP contribution in [0.1, 0.15) is 11.1 Å². The van der Waals surface area contributed by atoms with Crippen LogP contribution in [0.4, 0.5) is 5.13 Å². The van der Waals surface area contributed by atoms with Crippen molar-refractivity contribution in [3.63, 3.8) is 0 Å². The van der Waals surface area contributed by atoms with E-state index in [-0.39, 0.29) is 11.7 Å². The van der Waals surface area contributed by atoms with Crippen LogP contribution in [0.25, 0.3) is 21.7 Å². The lowest BCUT2D eigenvalue weighted by Gasteiger charge is -2.12. The van der Waals surface area contributed by atoms with Gasteiger partial charge in [0, 0.05) is 17.6 Å². The molecule has 1 amide bonds. The number of carbonyl (C=O) groups is 1. The largest absolute Gasteiger partial charge is 0.411 e. The first kappa shape index (κ1) is 19.9. The molecule has 29 heavy (non-hydrogen) atoms. The topological polar surface area (TPSA) is 72.1 Å². The number of hydrogen-bond donors (Lipinski definition) is 0. The van der Waals surface area contributed by atoms with E-state index in [9.17, 15) is 4.79 Å². The van der Waals surface area contributed by atoms with Crippen LogP contribution in [0, 0.1) is 13.8 Å². The molecule has 0 N–H and O–H groups in total. The van der Waals surface area contributed by atoms with Gasteiger partial charge in [-0.3, -0.25) is 9.69 Å². The Kier molecular flexibility index (Phi) is 5.58. The highest BCUT2D eigenvalue weighted by Crippen LogP contribution is 2.34. The Morgan fingerprint density at radius 2 is 1.93 bits per heavy atom. The van der Waals surface area contributed by atoms with Gasteiger partial charge in [-0.2, -0.15) is 0 Å². The Morgan fingerprint density at radius 1 is 1.17 bits per heavy atom. The summed E-state index contributed by atoms with van der Waals surface area (Å²) in [5.74, 6) is 0.501. The number of rotatable bonds is 5. The van der Waals surface area contributed by atoms with E-state index in [1.165, 1.54) is 23.1 Å². The van der Waals surface area contributed by atoms with Crippen molar-refractivity contribution in [2.45, 2.75) is 19.1 Å². The van der Waals surface area contributed by atoms with Crippen molar-refractivity contribution in [2.75, 3.05) is 17.7 Å². The number of fused-ring (bicyclic) bond motifs is 1. The highest BCUT2D eigenvalue weighted by atomic mass is 35.5. The molecule has 2 aromatic heterocycles. The van der Waals surface area contributed by atoms with Crippen molar-refractivity contribution < 1.29 is 9.21 Å². The SMILES string of the molecule is Cc1ccc(-c2nnc(SCC(=O)N(C)c3nc4ccc(Cl)c(C)c4s3)o2)cc1. The molecule has 0 aliphatic heterocycles. The molecule has 0 spiro atoms. The molecule has 0 bridgehead atoms. The standard InChI is InChI=1S/C20H17ClN4O2S2/c1-11-4-6-13(7-5-11)18-23-24-20(27-18)28-10-16(26)25(3)19-22-15-9-8-14(21)12(2)17(15)29-19/h4-9H,10H2,1-3H3.